The summed E-state index contributed by atoms with van der Waals surface area (Å²) in [6.07, 6.45) is 8.59. The third kappa shape index (κ3) is 3.32. The fourth-order valence-electron chi connectivity index (χ4n) is 2.23. The van der Waals surface area contributed by atoms with Gasteiger partial charge in [-0.05, 0) is 49.8 Å². The van der Waals surface area contributed by atoms with E-state index in [4.69, 9.17) is 0 Å². The summed E-state index contributed by atoms with van der Waals surface area (Å²) in [5.41, 5.74) is 1.34. The van der Waals surface area contributed by atoms with Crippen LogP contribution in [-0.4, -0.2) is 33.0 Å². The van der Waals surface area contributed by atoms with E-state index in [1.165, 1.54) is 0 Å². The molecule has 6 nitrogen and oxygen atoms in total. The van der Waals surface area contributed by atoms with Crippen LogP contribution in [0.2, 0.25) is 0 Å². The maximum absolute atomic E-state index is 12.0. The van der Waals surface area contributed by atoms with Gasteiger partial charge in [-0.3, -0.25) is 9.78 Å². The minimum Gasteiger partial charge on any atom is -0.357 e. The Labute approximate surface area is 139 Å². The van der Waals surface area contributed by atoms with Gasteiger partial charge in [-0.1, -0.05) is 0 Å². The summed E-state index contributed by atoms with van der Waals surface area (Å²) in [4.78, 5) is 29.7. The van der Waals surface area contributed by atoms with Crippen LogP contribution in [0.3, 0.4) is 0 Å². The highest BCUT2D eigenvalue weighted by molar-refractivity contribution is 5.78. The lowest BCUT2D eigenvalue weighted by molar-refractivity contribution is 0.743. The molecule has 0 unspecified atom stereocenters. The lowest BCUT2D eigenvalue weighted by atomic mass is 10.2. The molecule has 0 aliphatic rings. The van der Waals surface area contributed by atoms with Crippen molar-refractivity contribution in [3.8, 4) is 0 Å². The number of hydrogen-bond acceptors (Lipinski definition) is 5. The van der Waals surface area contributed by atoms with Crippen LogP contribution >= 0.6 is 0 Å². The standard InChI is InChI=1S/C18H19N5O/c1-12(2)23(3)17-7-5-13(10-20-17)4-6-16-21-15-11-19-9-8-14(15)18(24)22-16/h4-12H,1-3H3,(H,21,22,24). The highest BCUT2D eigenvalue weighted by atomic mass is 16.1. The third-order valence-corrected chi connectivity index (χ3v) is 3.87. The first-order valence-corrected chi connectivity index (χ1v) is 7.75. The smallest absolute Gasteiger partial charge is 0.259 e. The van der Waals surface area contributed by atoms with Crippen molar-refractivity contribution in [1.29, 1.82) is 0 Å². The van der Waals surface area contributed by atoms with Crippen LogP contribution in [-0.2, 0) is 0 Å². The molecule has 0 saturated heterocycles. The number of H-pyrrole nitrogens is 1. The molecule has 0 aromatic carbocycles. The van der Waals surface area contributed by atoms with E-state index in [9.17, 15) is 4.79 Å². The van der Waals surface area contributed by atoms with Crippen molar-refractivity contribution in [3.63, 3.8) is 0 Å². The summed E-state index contributed by atoms with van der Waals surface area (Å²) in [7, 11) is 2.01. The molecular weight excluding hydrogens is 302 g/mol. The Kier molecular flexibility index (Phi) is 4.37. The summed E-state index contributed by atoms with van der Waals surface area (Å²) in [6, 6.07) is 6.00. The molecule has 24 heavy (non-hydrogen) atoms. The summed E-state index contributed by atoms with van der Waals surface area (Å²) >= 11 is 0. The van der Waals surface area contributed by atoms with Gasteiger partial charge in [-0.25, -0.2) is 9.97 Å². The Hall–Kier alpha value is -3.02. The van der Waals surface area contributed by atoms with Crippen LogP contribution < -0.4 is 10.5 Å². The summed E-state index contributed by atoms with van der Waals surface area (Å²) in [5.74, 6) is 1.41. The van der Waals surface area contributed by atoms with Crippen LogP contribution in [0.15, 0.2) is 41.6 Å². The number of nitrogens with one attached hydrogen (secondary N) is 1. The zero-order chi connectivity index (χ0) is 17.1. The van der Waals surface area contributed by atoms with Crippen LogP contribution in [0.25, 0.3) is 23.1 Å². The number of pyridine rings is 2. The monoisotopic (exact) mass is 321 g/mol. The molecule has 0 amide bonds. The zero-order valence-corrected chi connectivity index (χ0v) is 13.9. The van der Waals surface area contributed by atoms with E-state index in [1.54, 1.807) is 30.7 Å². The van der Waals surface area contributed by atoms with Crippen molar-refractivity contribution in [3.05, 3.63) is 58.5 Å². The van der Waals surface area contributed by atoms with Gasteiger partial charge in [0.05, 0.1) is 17.1 Å². The molecule has 0 spiro atoms. The highest BCUT2D eigenvalue weighted by Gasteiger charge is 2.05. The van der Waals surface area contributed by atoms with Gasteiger partial charge in [0.2, 0.25) is 0 Å². The second-order valence-corrected chi connectivity index (χ2v) is 5.83. The molecule has 3 rings (SSSR count). The number of aromatic amines is 1. The fourth-order valence-corrected chi connectivity index (χ4v) is 2.23. The summed E-state index contributed by atoms with van der Waals surface area (Å²) in [5, 5.41) is 0.532. The SMILES string of the molecule is CC(C)N(C)c1ccc(C=Cc2nc3cnccc3c(=O)[nH]2)cn1. The Morgan fingerprint density at radius 2 is 2.00 bits per heavy atom. The highest BCUT2D eigenvalue weighted by Crippen LogP contribution is 2.13. The van der Waals surface area contributed by atoms with Gasteiger partial charge in [0.1, 0.15) is 11.6 Å². The second-order valence-electron chi connectivity index (χ2n) is 5.83. The predicted molar refractivity (Wildman–Crippen MR) is 96.9 cm³/mol. The number of fused-ring (bicyclic) bond motifs is 1. The van der Waals surface area contributed by atoms with Crippen LogP contribution in [0, 0.1) is 0 Å². The van der Waals surface area contributed by atoms with E-state index in [-0.39, 0.29) is 5.56 Å². The number of aromatic nitrogens is 4. The van der Waals surface area contributed by atoms with Gasteiger partial charge >= 0.3 is 0 Å². The van der Waals surface area contributed by atoms with Crippen molar-refractivity contribution in [2.45, 2.75) is 19.9 Å². The minimum atomic E-state index is -0.172. The van der Waals surface area contributed by atoms with E-state index < -0.39 is 0 Å². The Balaban J connectivity index is 1.84. The van der Waals surface area contributed by atoms with Gasteiger partial charge in [0, 0.05) is 25.5 Å². The first-order valence-electron chi connectivity index (χ1n) is 7.75. The van der Waals surface area contributed by atoms with Gasteiger partial charge in [-0.2, -0.15) is 0 Å². The first-order chi connectivity index (χ1) is 11.5. The summed E-state index contributed by atoms with van der Waals surface area (Å²) < 4.78 is 0. The normalized spacial score (nSPS) is 11.5. The van der Waals surface area contributed by atoms with Crippen LogP contribution in [0.1, 0.15) is 25.2 Å². The lowest BCUT2D eigenvalue weighted by Gasteiger charge is -2.22. The van der Waals surface area contributed by atoms with Gasteiger partial charge in [0.25, 0.3) is 5.56 Å². The Bertz CT molecular complexity index is 928. The quantitative estimate of drug-likeness (QED) is 0.799. The van der Waals surface area contributed by atoms with E-state index in [0.29, 0.717) is 22.8 Å². The van der Waals surface area contributed by atoms with Gasteiger partial charge < -0.3 is 9.88 Å². The second kappa shape index (κ2) is 6.62. The van der Waals surface area contributed by atoms with Crippen molar-refractivity contribution in [2.75, 3.05) is 11.9 Å². The van der Waals surface area contributed by atoms with E-state index in [0.717, 1.165) is 11.4 Å². The van der Waals surface area contributed by atoms with Crippen LogP contribution in [0.4, 0.5) is 5.82 Å². The number of nitrogens with zero attached hydrogens (tertiary/aromatic N) is 4. The van der Waals surface area contributed by atoms with E-state index >= 15 is 0 Å². The molecule has 6 heteroatoms. The fraction of sp³-hybridized carbons (Fsp3) is 0.222. The molecule has 3 heterocycles. The van der Waals surface area contributed by atoms with E-state index in [2.05, 4.69) is 38.7 Å². The molecule has 0 atom stereocenters. The number of hydrogen-bond donors (Lipinski definition) is 1. The molecule has 3 aromatic heterocycles. The van der Waals surface area contributed by atoms with E-state index in [1.807, 2.05) is 25.3 Å². The lowest BCUT2D eigenvalue weighted by Crippen LogP contribution is -2.26. The molecule has 1 N–H and O–H groups in total. The van der Waals surface area contributed by atoms with Gasteiger partial charge in [0.15, 0.2) is 0 Å². The maximum atomic E-state index is 12.0. The largest absolute Gasteiger partial charge is 0.357 e. The number of rotatable bonds is 4. The maximum Gasteiger partial charge on any atom is 0.259 e. The van der Waals surface area contributed by atoms with Crippen LogP contribution in [0.5, 0.6) is 0 Å². The van der Waals surface area contributed by atoms with Gasteiger partial charge in [-0.15, -0.1) is 0 Å². The zero-order valence-electron chi connectivity index (χ0n) is 13.9. The molecule has 0 radical (unpaired) electrons. The van der Waals surface area contributed by atoms with Crippen molar-refractivity contribution in [2.24, 2.45) is 0 Å². The average molecular weight is 321 g/mol. The Morgan fingerprint density at radius 1 is 1.17 bits per heavy atom. The van der Waals surface area contributed by atoms with Crippen molar-refractivity contribution < 1.29 is 0 Å². The molecular formula is C18H19N5O. The molecule has 122 valence electrons. The molecule has 0 fully saturated rings. The summed E-state index contributed by atoms with van der Waals surface area (Å²) in [6.45, 7) is 4.23. The number of anilines is 1. The molecule has 0 bridgehead atoms. The Morgan fingerprint density at radius 3 is 2.71 bits per heavy atom. The molecule has 0 aliphatic carbocycles. The van der Waals surface area contributed by atoms with Crippen molar-refractivity contribution >= 4 is 28.9 Å². The minimum absolute atomic E-state index is 0.172. The average Bonchev–Trinajstić information content (AvgIpc) is 2.60. The molecule has 3 aromatic rings. The topological polar surface area (TPSA) is 74.8 Å². The molecule has 0 saturated carbocycles. The molecule has 0 aliphatic heterocycles. The first kappa shape index (κ1) is 15.9. The third-order valence-electron chi connectivity index (χ3n) is 3.87. The predicted octanol–water partition coefficient (Wildman–Crippen LogP) is 2.73. The van der Waals surface area contributed by atoms with Crippen molar-refractivity contribution in [1.82, 2.24) is 19.9 Å².